The maximum Gasteiger partial charge on any atom is 0.318 e. The fraction of sp³-hybridized carbons (Fsp3) is 0.800. The summed E-state index contributed by atoms with van der Waals surface area (Å²) in [6.07, 6.45) is 3.40. The smallest absolute Gasteiger partial charge is 0.318 e. The largest absolute Gasteiger partial charge is 0.351 e. The molecule has 0 aliphatic heterocycles. The van der Waals surface area contributed by atoms with E-state index in [1.165, 1.54) is 6.42 Å². The highest BCUT2D eigenvalue weighted by Gasteiger charge is 2.02. The average Bonchev–Trinajstić information content (AvgIpc) is 2.09. The molecule has 5 heteroatoms. The Morgan fingerprint density at radius 1 is 1.27 bits per heavy atom. The second-order valence-electron chi connectivity index (χ2n) is 3.98. The molecule has 0 rings (SSSR count). The first-order valence-corrected chi connectivity index (χ1v) is 5.32. The fourth-order valence-corrected chi connectivity index (χ4v) is 1.19. The SMILES string of the molecule is CC(C)CCCCNCC(=O)NC(N)=O. The van der Waals surface area contributed by atoms with Gasteiger partial charge in [-0.15, -0.1) is 0 Å². The number of hydrogen-bond acceptors (Lipinski definition) is 3. The van der Waals surface area contributed by atoms with E-state index < -0.39 is 6.03 Å². The van der Waals surface area contributed by atoms with Gasteiger partial charge in [0.05, 0.1) is 6.54 Å². The summed E-state index contributed by atoms with van der Waals surface area (Å²) in [6.45, 7) is 5.31. The summed E-state index contributed by atoms with van der Waals surface area (Å²) in [6, 6.07) is -0.804. The lowest BCUT2D eigenvalue weighted by atomic mass is 10.1. The quantitative estimate of drug-likeness (QED) is 0.544. The standard InChI is InChI=1S/C10H21N3O2/c1-8(2)5-3-4-6-12-7-9(14)13-10(11)15/h8,12H,3-7H2,1-2H3,(H3,11,13,14,15). The van der Waals surface area contributed by atoms with E-state index in [-0.39, 0.29) is 12.5 Å². The van der Waals surface area contributed by atoms with E-state index in [1.54, 1.807) is 0 Å². The van der Waals surface area contributed by atoms with Crippen molar-refractivity contribution in [3.8, 4) is 0 Å². The van der Waals surface area contributed by atoms with E-state index in [0.717, 1.165) is 25.3 Å². The van der Waals surface area contributed by atoms with Gasteiger partial charge in [-0.25, -0.2) is 4.79 Å². The number of carbonyl (C=O) groups excluding carboxylic acids is 2. The fourth-order valence-electron chi connectivity index (χ4n) is 1.19. The highest BCUT2D eigenvalue weighted by Crippen LogP contribution is 2.04. The molecular weight excluding hydrogens is 194 g/mol. The molecule has 0 aromatic heterocycles. The molecule has 0 aromatic carbocycles. The zero-order chi connectivity index (χ0) is 11.7. The number of unbranched alkanes of at least 4 members (excludes halogenated alkanes) is 1. The molecule has 0 radical (unpaired) electrons. The molecule has 15 heavy (non-hydrogen) atoms. The molecule has 0 atom stereocenters. The minimum atomic E-state index is -0.804. The Morgan fingerprint density at radius 3 is 2.47 bits per heavy atom. The maximum atomic E-state index is 10.9. The first kappa shape index (κ1) is 13.9. The van der Waals surface area contributed by atoms with Crippen LogP contribution in [0.4, 0.5) is 4.79 Å². The van der Waals surface area contributed by atoms with Crippen molar-refractivity contribution in [3.63, 3.8) is 0 Å². The number of urea groups is 1. The Kier molecular flexibility index (Phi) is 7.62. The Balaban J connectivity index is 3.24. The molecule has 0 aliphatic carbocycles. The summed E-state index contributed by atoms with van der Waals surface area (Å²) in [5, 5.41) is 4.93. The van der Waals surface area contributed by atoms with Crippen LogP contribution in [0, 0.1) is 5.92 Å². The topological polar surface area (TPSA) is 84.2 Å². The Bertz CT molecular complexity index is 205. The van der Waals surface area contributed by atoms with E-state index in [4.69, 9.17) is 5.73 Å². The Morgan fingerprint density at radius 2 is 1.93 bits per heavy atom. The van der Waals surface area contributed by atoms with Crippen molar-refractivity contribution in [2.45, 2.75) is 33.1 Å². The molecule has 0 bridgehead atoms. The third-order valence-corrected chi connectivity index (χ3v) is 1.93. The molecule has 4 N–H and O–H groups in total. The summed E-state index contributed by atoms with van der Waals surface area (Å²) in [7, 11) is 0. The van der Waals surface area contributed by atoms with Crippen molar-refractivity contribution >= 4 is 11.9 Å². The molecule has 3 amide bonds. The van der Waals surface area contributed by atoms with Gasteiger partial charge in [0.15, 0.2) is 0 Å². The zero-order valence-corrected chi connectivity index (χ0v) is 9.51. The van der Waals surface area contributed by atoms with Crippen molar-refractivity contribution in [1.29, 1.82) is 0 Å². The molecule has 0 aliphatic rings. The van der Waals surface area contributed by atoms with Crippen LogP contribution in [-0.2, 0) is 4.79 Å². The lowest BCUT2D eigenvalue weighted by molar-refractivity contribution is -0.119. The molecule has 88 valence electrons. The van der Waals surface area contributed by atoms with Gasteiger partial charge in [-0.2, -0.15) is 0 Å². The van der Waals surface area contributed by atoms with Gasteiger partial charge < -0.3 is 11.1 Å². The predicted molar refractivity (Wildman–Crippen MR) is 59.3 cm³/mol. The van der Waals surface area contributed by atoms with Gasteiger partial charge in [-0.1, -0.05) is 26.7 Å². The van der Waals surface area contributed by atoms with Crippen LogP contribution >= 0.6 is 0 Å². The summed E-state index contributed by atoms with van der Waals surface area (Å²) in [5.74, 6) is 0.342. The lowest BCUT2D eigenvalue weighted by Crippen LogP contribution is -2.40. The lowest BCUT2D eigenvalue weighted by Gasteiger charge is -2.05. The van der Waals surface area contributed by atoms with E-state index in [0.29, 0.717) is 0 Å². The first-order valence-electron chi connectivity index (χ1n) is 5.32. The van der Waals surface area contributed by atoms with Crippen LogP contribution in [0.15, 0.2) is 0 Å². The maximum absolute atomic E-state index is 10.9. The van der Waals surface area contributed by atoms with Crippen molar-refractivity contribution in [1.82, 2.24) is 10.6 Å². The number of hydrogen-bond donors (Lipinski definition) is 3. The third kappa shape index (κ3) is 10.8. The van der Waals surface area contributed by atoms with Gasteiger partial charge in [0.25, 0.3) is 0 Å². The van der Waals surface area contributed by atoms with Crippen molar-refractivity contribution in [3.05, 3.63) is 0 Å². The molecule has 0 heterocycles. The third-order valence-electron chi connectivity index (χ3n) is 1.93. The van der Waals surface area contributed by atoms with Gasteiger partial charge in [0, 0.05) is 0 Å². The van der Waals surface area contributed by atoms with Crippen LogP contribution in [-0.4, -0.2) is 25.0 Å². The second-order valence-corrected chi connectivity index (χ2v) is 3.98. The number of amides is 3. The van der Waals surface area contributed by atoms with Gasteiger partial charge in [-0.3, -0.25) is 10.1 Å². The van der Waals surface area contributed by atoms with Crippen molar-refractivity contribution in [2.75, 3.05) is 13.1 Å². The molecule has 0 saturated carbocycles. The molecule has 0 saturated heterocycles. The van der Waals surface area contributed by atoms with Crippen LogP contribution in [0.2, 0.25) is 0 Å². The normalized spacial score (nSPS) is 10.3. The van der Waals surface area contributed by atoms with Crippen LogP contribution in [0.1, 0.15) is 33.1 Å². The summed E-state index contributed by atoms with van der Waals surface area (Å²) in [4.78, 5) is 21.2. The number of rotatable bonds is 7. The van der Waals surface area contributed by atoms with E-state index in [1.807, 2.05) is 5.32 Å². The van der Waals surface area contributed by atoms with E-state index in [2.05, 4.69) is 19.2 Å². The summed E-state index contributed by atoms with van der Waals surface area (Å²) >= 11 is 0. The highest BCUT2D eigenvalue weighted by atomic mass is 16.2. The van der Waals surface area contributed by atoms with Gasteiger partial charge in [-0.05, 0) is 18.9 Å². The second kappa shape index (κ2) is 8.23. The molecule has 0 aromatic rings. The monoisotopic (exact) mass is 215 g/mol. The summed E-state index contributed by atoms with van der Waals surface area (Å²) in [5.41, 5.74) is 4.78. The molecule has 0 unspecified atom stereocenters. The molecule has 0 spiro atoms. The predicted octanol–water partition coefficient (Wildman–Crippen LogP) is 0.597. The minimum absolute atomic E-state index is 0.143. The molecule has 5 nitrogen and oxygen atoms in total. The first-order chi connectivity index (χ1) is 7.02. The molecular formula is C10H21N3O2. The van der Waals surface area contributed by atoms with Gasteiger partial charge >= 0.3 is 6.03 Å². The number of primary amides is 1. The van der Waals surface area contributed by atoms with Crippen LogP contribution < -0.4 is 16.4 Å². The van der Waals surface area contributed by atoms with E-state index in [9.17, 15) is 9.59 Å². The number of imide groups is 1. The van der Waals surface area contributed by atoms with E-state index >= 15 is 0 Å². The Labute approximate surface area is 90.8 Å². The number of carbonyl (C=O) groups is 2. The Hall–Kier alpha value is -1.10. The summed E-state index contributed by atoms with van der Waals surface area (Å²) < 4.78 is 0. The number of nitrogens with one attached hydrogen (secondary N) is 2. The van der Waals surface area contributed by atoms with Crippen molar-refractivity contribution in [2.24, 2.45) is 11.7 Å². The van der Waals surface area contributed by atoms with Crippen molar-refractivity contribution < 1.29 is 9.59 Å². The van der Waals surface area contributed by atoms with Gasteiger partial charge in [0.2, 0.25) is 5.91 Å². The average molecular weight is 215 g/mol. The van der Waals surface area contributed by atoms with Crippen LogP contribution in [0.3, 0.4) is 0 Å². The minimum Gasteiger partial charge on any atom is -0.351 e. The van der Waals surface area contributed by atoms with Gasteiger partial charge in [0.1, 0.15) is 0 Å². The highest BCUT2D eigenvalue weighted by molar-refractivity contribution is 5.94. The van der Waals surface area contributed by atoms with Crippen LogP contribution in [0.25, 0.3) is 0 Å². The van der Waals surface area contributed by atoms with Crippen LogP contribution in [0.5, 0.6) is 0 Å². The number of nitrogens with two attached hydrogens (primary N) is 1. The molecule has 0 fully saturated rings. The zero-order valence-electron chi connectivity index (χ0n) is 9.51.